The van der Waals surface area contributed by atoms with Gasteiger partial charge in [-0.1, -0.05) is 13.3 Å². The van der Waals surface area contributed by atoms with Crippen molar-refractivity contribution in [2.45, 2.75) is 76.2 Å². The quantitative estimate of drug-likeness (QED) is 0.413. The predicted octanol–water partition coefficient (Wildman–Crippen LogP) is 1.89. The topological polar surface area (TPSA) is 71.8 Å². The number of hydrogen-bond donors (Lipinski definition) is 2. The first-order valence-electron chi connectivity index (χ1n) is 10.5. The van der Waals surface area contributed by atoms with Gasteiger partial charge in [-0.05, 0) is 50.4 Å². The second-order valence-electron chi connectivity index (χ2n) is 8.75. The first kappa shape index (κ1) is 19.5. The van der Waals surface area contributed by atoms with Gasteiger partial charge in [0.2, 0.25) is 0 Å². The largest absolute Gasteiger partial charge is 0.351 e. The van der Waals surface area contributed by atoms with E-state index in [0.29, 0.717) is 31.3 Å². The van der Waals surface area contributed by atoms with E-state index in [9.17, 15) is 9.18 Å². The molecule has 8 heteroatoms. The molecule has 0 radical (unpaired) electrons. The van der Waals surface area contributed by atoms with E-state index in [1.54, 1.807) is 5.06 Å². The van der Waals surface area contributed by atoms with E-state index in [1.807, 2.05) is 0 Å². The average molecular weight is 385 g/mol. The van der Waals surface area contributed by atoms with E-state index >= 15 is 0 Å². The Morgan fingerprint density at radius 1 is 1.26 bits per heavy atom. The molecule has 0 bridgehead atoms. The maximum atomic E-state index is 14.4. The molecule has 2 saturated heterocycles. The lowest BCUT2D eigenvalue weighted by molar-refractivity contribution is -0.393. The molecule has 0 aromatic rings. The van der Waals surface area contributed by atoms with Gasteiger partial charge in [0, 0.05) is 31.1 Å². The van der Waals surface area contributed by atoms with Crippen molar-refractivity contribution in [3.05, 3.63) is 0 Å². The molecule has 7 nitrogen and oxygen atoms in total. The fourth-order valence-electron chi connectivity index (χ4n) is 4.76. The maximum Gasteiger partial charge on any atom is 0.251 e. The highest BCUT2D eigenvalue weighted by molar-refractivity contribution is 5.81. The standard InChI is InChI=1S/C19H32FN3O4/c1-12-5-6-16(20)15-10-17(26-22-18(12)15)19(24)21-14-4-2-3-13(9-14)11-25-27-23-7-8-23/h12-18,22H,2-11H2,1H3,(H,21,24). The molecule has 4 aliphatic rings. The van der Waals surface area contributed by atoms with Crippen LogP contribution in [0.1, 0.15) is 51.9 Å². The van der Waals surface area contributed by atoms with Gasteiger partial charge in [0.1, 0.15) is 6.17 Å². The van der Waals surface area contributed by atoms with Gasteiger partial charge in [-0.25, -0.2) is 9.28 Å². The third-order valence-corrected chi connectivity index (χ3v) is 6.56. The molecular formula is C19H32FN3O4. The summed E-state index contributed by atoms with van der Waals surface area (Å²) in [6, 6.07) is 0.130. The summed E-state index contributed by atoms with van der Waals surface area (Å²) < 4.78 is 14.4. The van der Waals surface area contributed by atoms with Gasteiger partial charge >= 0.3 is 0 Å². The van der Waals surface area contributed by atoms with E-state index in [2.05, 4.69) is 17.7 Å². The molecule has 27 heavy (non-hydrogen) atoms. The van der Waals surface area contributed by atoms with Crippen LogP contribution in [-0.2, 0) is 19.5 Å². The van der Waals surface area contributed by atoms with Crippen molar-refractivity contribution in [2.75, 3.05) is 19.7 Å². The Hall–Kier alpha value is -0.800. The normalized spacial score (nSPS) is 42.4. The fraction of sp³-hybridized carbons (Fsp3) is 0.947. The van der Waals surface area contributed by atoms with E-state index in [4.69, 9.17) is 14.7 Å². The van der Waals surface area contributed by atoms with Gasteiger partial charge in [0.25, 0.3) is 5.91 Å². The molecular weight excluding hydrogens is 353 g/mol. The number of alkyl halides is 1. The minimum absolute atomic E-state index is 0.0104. The number of hydrogen-bond acceptors (Lipinski definition) is 6. The van der Waals surface area contributed by atoms with Crippen LogP contribution in [0.5, 0.6) is 0 Å². The molecule has 0 aromatic carbocycles. The molecule has 4 rings (SSSR count). The van der Waals surface area contributed by atoms with Gasteiger partial charge in [0.05, 0.1) is 6.61 Å². The van der Waals surface area contributed by atoms with Crippen LogP contribution in [0, 0.1) is 17.8 Å². The van der Waals surface area contributed by atoms with Gasteiger partial charge in [0.15, 0.2) is 6.10 Å². The molecule has 7 unspecified atom stereocenters. The minimum Gasteiger partial charge on any atom is -0.351 e. The Labute approximate surface area is 160 Å². The maximum absolute atomic E-state index is 14.4. The van der Waals surface area contributed by atoms with Gasteiger partial charge in [-0.3, -0.25) is 9.63 Å². The summed E-state index contributed by atoms with van der Waals surface area (Å²) in [6.45, 7) is 4.53. The van der Waals surface area contributed by atoms with Crippen molar-refractivity contribution in [1.82, 2.24) is 15.9 Å². The summed E-state index contributed by atoms with van der Waals surface area (Å²) >= 11 is 0. The van der Waals surface area contributed by atoms with Crippen molar-refractivity contribution in [3.63, 3.8) is 0 Å². The summed E-state index contributed by atoms with van der Waals surface area (Å²) in [7, 11) is 0. The average Bonchev–Trinajstić information content (AvgIpc) is 3.49. The second-order valence-corrected chi connectivity index (χ2v) is 8.75. The summed E-state index contributed by atoms with van der Waals surface area (Å²) in [4.78, 5) is 28.7. The highest BCUT2D eigenvalue weighted by Gasteiger charge is 2.44. The van der Waals surface area contributed by atoms with Crippen LogP contribution in [0.15, 0.2) is 0 Å². The Morgan fingerprint density at radius 3 is 2.93 bits per heavy atom. The van der Waals surface area contributed by atoms with Crippen molar-refractivity contribution in [3.8, 4) is 0 Å². The zero-order valence-corrected chi connectivity index (χ0v) is 16.1. The lowest BCUT2D eigenvalue weighted by Gasteiger charge is -2.44. The van der Waals surface area contributed by atoms with Crippen LogP contribution < -0.4 is 10.8 Å². The molecule has 0 aromatic heterocycles. The first-order valence-corrected chi connectivity index (χ1v) is 10.5. The van der Waals surface area contributed by atoms with E-state index in [0.717, 1.165) is 45.2 Å². The van der Waals surface area contributed by atoms with E-state index in [-0.39, 0.29) is 23.9 Å². The molecule has 0 spiro atoms. The molecule has 2 saturated carbocycles. The zero-order chi connectivity index (χ0) is 18.8. The number of amides is 1. The summed E-state index contributed by atoms with van der Waals surface area (Å²) in [6.07, 6.45) is 4.43. The highest BCUT2D eigenvalue weighted by atomic mass is 19.1. The number of halogens is 1. The monoisotopic (exact) mass is 385 g/mol. The lowest BCUT2D eigenvalue weighted by atomic mass is 9.74. The molecule has 2 aliphatic carbocycles. The molecule has 154 valence electrons. The van der Waals surface area contributed by atoms with Crippen molar-refractivity contribution in [1.29, 1.82) is 0 Å². The number of fused-ring (bicyclic) bond motifs is 1. The Kier molecular flexibility index (Phi) is 6.28. The van der Waals surface area contributed by atoms with Gasteiger partial charge in [-0.2, -0.15) is 10.5 Å². The summed E-state index contributed by atoms with van der Waals surface area (Å²) in [5, 5.41) is 4.88. The second kappa shape index (κ2) is 8.69. The molecule has 4 fully saturated rings. The number of carbonyl (C=O) groups excluding carboxylic acids is 1. The highest BCUT2D eigenvalue weighted by Crippen LogP contribution is 2.37. The Bertz CT molecular complexity index is 521. The van der Waals surface area contributed by atoms with E-state index in [1.165, 1.54) is 0 Å². The fourth-order valence-corrected chi connectivity index (χ4v) is 4.76. The zero-order valence-electron chi connectivity index (χ0n) is 16.1. The number of carbonyl (C=O) groups is 1. The molecule has 1 amide bonds. The minimum atomic E-state index is -0.851. The number of nitrogens with one attached hydrogen (secondary N) is 2. The first-order chi connectivity index (χ1) is 13.1. The SMILES string of the molecule is CC1CCC(F)C2CC(C(=O)NC3CCCC(COON4CC4)C3)ONC12. The Morgan fingerprint density at radius 2 is 2.11 bits per heavy atom. The smallest absolute Gasteiger partial charge is 0.251 e. The van der Waals surface area contributed by atoms with Crippen LogP contribution in [0.4, 0.5) is 4.39 Å². The van der Waals surface area contributed by atoms with Crippen LogP contribution in [0.25, 0.3) is 0 Å². The van der Waals surface area contributed by atoms with Crippen LogP contribution in [0.3, 0.4) is 0 Å². The van der Waals surface area contributed by atoms with Gasteiger partial charge in [-0.15, -0.1) is 4.99 Å². The number of hydroxylamine groups is 3. The number of nitrogens with zero attached hydrogens (tertiary/aromatic N) is 1. The third kappa shape index (κ3) is 4.98. The van der Waals surface area contributed by atoms with Crippen LogP contribution in [0.2, 0.25) is 0 Å². The van der Waals surface area contributed by atoms with Gasteiger partial charge < -0.3 is 5.32 Å². The lowest BCUT2D eigenvalue weighted by Crippen LogP contribution is -2.58. The van der Waals surface area contributed by atoms with E-state index < -0.39 is 12.3 Å². The molecule has 2 heterocycles. The van der Waals surface area contributed by atoms with Crippen molar-refractivity contribution < 1.29 is 23.9 Å². The van der Waals surface area contributed by atoms with Crippen LogP contribution in [-0.4, -0.2) is 55.0 Å². The molecule has 2 N–H and O–H groups in total. The predicted molar refractivity (Wildman–Crippen MR) is 95.7 cm³/mol. The Balaban J connectivity index is 1.23. The third-order valence-electron chi connectivity index (χ3n) is 6.56. The molecule has 7 atom stereocenters. The summed E-state index contributed by atoms with van der Waals surface area (Å²) in [5.74, 6) is 0.492. The summed E-state index contributed by atoms with van der Waals surface area (Å²) in [5.41, 5.74) is 2.98. The molecule has 2 aliphatic heterocycles. The van der Waals surface area contributed by atoms with Crippen LogP contribution >= 0.6 is 0 Å². The van der Waals surface area contributed by atoms with Crippen molar-refractivity contribution in [2.24, 2.45) is 17.8 Å². The number of rotatable bonds is 6. The van der Waals surface area contributed by atoms with Crippen molar-refractivity contribution >= 4 is 5.91 Å².